The number of hydrazone groups is 1. The quantitative estimate of drug-likeness (QED) is 0.285. The normalized spacial score (nSPS) is 10.6. The first kappa shape index (κ1) is 20.1. The molecular weight excluding hydrogens is 392 g/mol. The molecule has 6 nitrogen and oxygen atoms in total. The average Bonchev–Trinajstić information content (AvgIpc) is 2.75. The summed E-state index contributed by atoms with van der Waals surface area (Å²) >= 11 is 6.03. The molecule has 0 atom stereocenters. The molecule has 29 heavy (non-hydrogen) atoms. The summed E-state index contributed by atoms with van der Waals surface area (Å²) < 4.78 is 10.7. The molecule has 0 aliphatic heterocycles. The molecule has 0 saturated heterocycles. The zero-order valence-electron chi connectivity index (χ0n) is 15.5. The van der Waals surface area contributed by atoms with Crippen LogP contribution in [0.3, 0.4) is 0 Å². The van der Waals surface area contributed by atoms with Crippen LogP contribution >= 0.6 is 11.6 Å². The number of carbonyl (C=O) groups excluding carboxylic acids is 2. The molecule has 0 aliphatic rings. The standard InChI is InChI=1S/C22H17ClN2O4/c1-28-20-13-15(14-24-25-21(26)16-7-3-2-4-8-16)11-12-19(20)29-22(27)17-9-5-6-10-18(17)23/h2-14H,1H3,(H,25,26)/b24-14+. The molecule has 1 amide bonds. The van der Waals surface area contributed by atoms with Crippen LogP contribution in [0.2, 0.25) is 5.02 Å². The molecule has 7 heteroatoms. The molecule has 0 spiro atoms. The predicted octanol–water partition coefficient (Wildman–Crippen LogP) is 4.33. The van der Waals surface area contributed by atoms with Crippen molar-refractivity contribution < 1.29 is 19.1 Å². The van der Waals surface area contributed by atoms with Crippen molar-refractivity contribution in [3.8, 4) is 11.5 Å². The van der Waals surface area contributed by atoms with Crippen LogP contribution in [0.5, 0.6) is 11.5 Å². The van der Waals surface area contributed by atoms with E-state index in [-0.39, 0.29) is 17.2 Å². The summed E-state index contributed by atoms with van der Waals surface area (Å²) in [5.74, 6) is -0.337. The summed E-state index contributed by atoms with van der Waals surface area (Å²) in [6.07, 6.45) is 1.46. The molecule has 3 aromatic rings. The van der Waals surface area contributed by atoms with Crippen LogP contribution in [0.4, 0.5) is 0 Å². The Balaban J connectivity index is 1.69. The fraction of sp³-hybridized carbons (Fsp3) is 0.0455. The third-order valence-corrected chi connectivity index (χ3v) is 4.23. The van der Waals surface area contributed by atoms with E-state index in [2.05, 4.69) is 10.5 Å². The van der Waals surface area contributed by atoms with Crippen molar-refractivity contribution in [3.63, 3.8) is 0 Å². The van der Waals surface area contributed by atoms with Gasteiger partial charge < -0.3 is 9.47 Å². The van der Waals surface area contributed by atoms with Gasteiger partial charge in [0, 0.05) is 5.56 Å². The van der Waals surface area contributed by atoms with Gasteiger partial charge in [0.25, 0.3) is 5.91 Å². The highest BCUT2D eigenvalue weighted by Gasteiger charge is 2.15. The Labute approximate surface area is 172 Å². The second-order valence-electron chi connectivity index (χ2n) is 5.84. The maximum Gasteiger partial charge on any atom is 0.345 e. The maximum atomic E-state index is 12.3. The van der Waals surface area contributed by atoms with Crippen molar-refractivity contribution in [2.24, 2.45) is 5.10 Å². The van der Waals surface area contributed by atoms with Gasteiger partial charge in [0.15, 0.2) is 11.5 Å². The molecule has 0 heterocycles. The molecule has 146 valence electrons. The van der Waals surface area contributed by atoms with Crippen LogP contribution in [0, 0.1) is 0 Å². The first-order valence-electron chi connectivity index (χ1n) is 8.61. The summed E-state index contributed by atoms with van der Waals surface area (Å²) in [6, 6.07) is 20.2. The second-order valence-corrected chi connectivity index (χ2v) is 6.25. The largest absolute Gasteiger partial charge is 0.493 e. The Morgan fingerprint density at radius 1 is 0.966 bits per heavy atom. The minimum atomic E-state index is -0.592. The SMILES string of the molecule is COc1cc(/C=N/NC(=O)c2ccccc2)ccc1OC(=O)c1ccccc1Cl. The van der Waals surface area contributed by atoms with Crippen molar-refractivity contribution in [2.75, 3.05) is 7.11 Å². The van der Waals surface area contributed by atoms with Crippen LogP contribution in [-0.2, 0) is 0 Å². The Hall–Kier alpha value is -3.64. The van der Waals surface area contributed by atoms with Crippen molar-refractivity contribution in [1.29, 1.82) is 0 Å². The number of ether oxygens (including phenoxy) is 2. The number of nitrogens with zero attached hydrogens (tertiary/aromatic N) is 1. The number of halogens is 1. The molecule has 3 aromatic carbocycles. The number of esters is 1. The fourth-order valence-electron chi connectivity index (χ4n) is 2.45. The Kier molecular flexibility index (Phi) is 6.60. The minimum absolute atomic E-state index is 0.239. The summed E-state index contributed by atoms with van der Waals surface area (Å²) in [5, 5.41) is 4.24. The number of benzene rings is 3. The molecule has 0 bridgehead atoms. The summed E-state index contributed by atoms with van der Waals surface area (Å²) in [5.41, 5.74) is 3.85. The van der Waals surface area contributed by atoms with Crippen LogP contribution in [-0.4, -0.2) is 25.2 Å². The Bertz CT molecular complexity index is 1050. The summed E-state index contributed by atoms with van der Waals surface area (Å²) in [4.78, 5) is 24.3. The maximum absolute atomic E-state index is 12.3. The van der Waals surface area contributed by atoms with Crippen LogP contribution in [0.1, 0.15) is 26.3 Å². The molecule has 1 N–H and O–H groups in total. The third-order valence-electron chi connectivity index (χ3n) is 3.90. The molecule has 0 aliphatic carbocycles. The number of amides is 1. The molecule has 3 rings (SSSR count). The number of rotatable bonds is 6. The van der Waals surface area contributed by atoms with Crippen molar-refractivity contribution in [3.05, 3.63) is 94.5 Å². The second kappa shape index (κ2) is 9.52. The minimum Gasteiger partial charge on any atom is -0.493 e. The number of methoxy groups -OCH3 is 1. The number of carbonyl (C=O) groups is 2. The van der Waals surface area contributed by atoms with Gasteiger partial charge in [-0.25, -0.2) is 10.2 Å². The van der Waals surface area contributed by atoms with Gasteiger partial charge in [-0.05, 0) is 48.0 Å². The lowest BCUT2D eigenvalue weighted by molar-refractivity contribution is 0.0729. The van der Waals surface area contributed by atoms with Gasteiger partial charge in [-0.15, -0.1) is 0 Å². The van der Waals surface area contributed by atoms with Gasteiger partial charge in [-0.1, -0.05) is 41.9 Å². The zero-order valence-corrected chi connectivity index (χ0v) is 16.2. The van der Waals surface area contributed by atoms with E-state index in [1.807, 2.05) is 6.07 Å². The molecular formula is C22H17ClN2O4. The third kappa shape index (κ3) is 5.21. The van der Waals surface area contributed by atoms with Gasteiger partial charge in [0.05, 0.1) is 23.9 Å². The number of nitrogens with one attached hydrogen (secondary N) is 1. The van der Waals surface area contributed by atoms with E-state index >= 15 is 0 Å². The fourth-order valence-corrected chi connectivity index (χ4v) is 2.66. The Morgan fingerprint density at radius 2 is 1.69 bits per heavy atom. The topological polar surface area (TPSA) is 77.0 Å². The van der Waals surface area contributed by atoms with Crippen LogP contribution in [0.25, 0.3) is 0 Å². The Morgan fingerprint density at radius 3 is 2.41 bits per heavy atom. The van der Waals surface area contributed by atoms with E-state index in [4.69, 9.17) is 21.1 Å². The predicted molar refractivity (Wildman–Crippen MR) is 111 cm³/mol. The van der Waals surface area contributed by atoms with Gasteiger partial charge in [0.1, 0.15) is 0 Å². The highest BCUT2D eigenvalue weighted by atomic mass is 35.5. The monoisotopic (exact) mass is 408 g/mol. The lowest BCUT2D eigenvalue weighted by atomic mass is 10.2. The molecule has 0 unspecified atom stereocenters. The number of hydrogen-bond donors (Lipinski definition) is 1. The van der Waals surface area contributed by atoms with Crippen molar-refractivity contribution in [2.45, 2.75) is 0 Å². The van der Waals surface area contributed by atoms with Gasteiger partial charge in [-0.3, -0.25) is 4.79 Å². The lowest BCUT2D eigenvalue weighted by Gasteiger charge is -2.10. The van der Waals surface area contributed by atoms with E-state index in [1.54, 1.807) is 66.7 Å². The van der Waals surface area contributed by atoms with E-state index in [9.17, 15) is 9.59 Å². The first-order chi connectivity index (χ1) is 14.1. The lowest BCUT2D eigenvalue weighted by Crippen LogP contribution is -2.17. The molecule has 0 fully saturated rings. The highest BCUT2D eigenvalue weighted by Crippen LogP contribution is 2.29. The van der Waals surface area contributed by atoms with Gasteiger partial charge in [0.2, 0.25) is 0 Å². The molecule has 0 saturated carbocycles. The molecule has 0 aromatic heterocycles. The van der Waals surface area contributed by atoms with Gasteiger partial charge >= 0.3 is 5.97 Å². The van der Waals surface area contributed by atoms with Crippen LogP contribution in [0.15, 0.2) is 77.9 Å². The number of hydrogen-bond acceptors (Lipinski definition) is 5. The van der Waals surface area contributed by atoms with E-state index in [0.29, 0.717) is 21.9 Å². The van der Waals surface area contributed by atoms with E-state index in [1.165, 1.54) is 13.3 Å². The highest BCUT2D eigenvalue weighted by molar-refractivity contribution is 6.33. The van der Waals surface area contributed by atoms with E-state index in [0.717, 1.165) is 0 Å². The smallest absolute Gasteiger partial charge is 0.345 e. The average molecular weight is 409 g/mol. The van der Waals surface area contributed by atoms with Crippen molar-refractivity contribution >= 4 is 29.7 Å². The summed E-state index contributed by atoms with van der Waals surface area (Å²) in [6.45, 7) is 0. The van der Waals surface area contributed by atoms with Crippen molar-refractivity contribution in [1.82, 2.24) is 5.43 Å². The van der Waals surface area contributed by atoms with Crippen LogP contribution < -0.4 is 14.9 Å². The van der Waals surface area contributed by atoms with Gasteiger partial charge in [-0.2, -0.15) is 5.10 Å². The first-order valence-corrected chi connectivity index (χ1v) is 8.99. The summed E-state index contributed by atoms with van der Waals surface area (Å²) in [7, 11) is 1.46. The van der Waals surface area contributed by atoms with E-state index < -0.39 is 5.97 Å². The zero-order chi connectivity index (χ0) is 20.6. The molecule has 0 radical (unpaired) electrons.